The van der Waals surface area contributed by atoms with Crippen molar-refractivity contribution in [3.05, 3.63) is 16.0 Å². The van der Waals surface area contributed by atoms with Crippen LogP contribution in [0.25, 0.3) is 0 Å². The molecule has 1 atom stereocenters. The molecule has 1 aromatic heterocycles. The average Bonchev–Trinajstić information content (AvgIpc) is 2.93. The minimum Gasteiger partial charge on any atom is -0.478 e. The zero-order valence-electron chi connectivity index (χ0n) is 11.9. The van der Waals surface area contributed by atoms with Gasteiger partial charge in [-0.15, -0.1) is 11.3 Å². The third-order valence-electron chi connectivity index (χ3n) is 3.49. The summed E-state index contributed by atoms with van der Waals surface area (Å²) in [5, 5.41) is 24.6. The maximum atomic E-state index is 11.8. The molecule has 21 heavy (non-hydrogen) atoms. The Morgan fingerprint density at radius 1 is 1.43 bits per heavy atom. The van der Waals surface area contributed by atoms with Crippen molar-refractivity contribution in [2.24, 2.45) is 0 Å². The minimum absolute atomic E-state index is 0.0601. The summed E-state index contributed by atoms with van der Waals surface area (Å²) in [6, 6.07) is -0.543. The van der Waals surface area contributed by atoms with Gasteiger partial charge in [-0.2, -0.15) is 0 Å². The van der Waals surface area contributed by atoms with Crippen LogP contribution in [0.15, 0.2) is 0 Å². The lowest BCUT2D eigenvalue weighted by atomic mass is 10.0. The zero-order chi connectivity index (χ0) is 15.6. The second-order valence-electron chi connectivity index (χ2n) is 5.13. The molecule has 0 saturated carbocycles. The van der Waals surface area contributed by atoms with E-state index in [-0.39, 0.29) is 18.7 Å². The number of anilines is 1. The number of aryl methyl sites for hydroxylation is 1. The fraction of sp³-hybridized carbons (Fsp3) is 0.538. The van der Waals surface area contributed by atoms with Crippen molar-refractivity contribution in [3.8, 4) is 0 Å². The maximum absolute atomic E-state index is 11.8. The van der Waals surface area contributed by atoms with E-state index in [1.165, 1.54) is 11.3 Å². The van der Waals surface area contributed by atoms with Crippen LogP contribution in [0, 0.1) is 13.8 Å². The van der Waals surface area contributed by atoms with Crippen molar-refractivity contribution in [3.63, 3.8) is 0 Å². The Morgan fingerprint density at radius 3 is 2.71 bits per heavy atom. The van der Waals surface area contributed by atoms with E-state index in [0.29, 0.717) is 23.6 Å². The quantitative estimate of drug-likeness (QED) is 0.670. The Morgan fingerprint density at radius 2 is 2.14 bits per heavy atom. The molecule has 1 aliphatic heterocycles. The molecule has 1 aromatic rings. The number of carbonyl (C=O) groups is 2. The Balaban J connectivity index is 2.00. The number of thiophene rings is 1. The topological polar surface area (TPSA) is 108 Å². The lowest BCUT2D eigenvalue weighted by molar-refractivity contribution is 0.0295. The first-order valence-electron chi connectivity index (χ1n) is 6.51. The van der Waals surface area contributed by atoms with E-state index in [9.17, 15) is 19.8 Å². The van der Waals surface area contributed by atoms with E-state index in [4.69, 9.17) is 4.74 Å². The highest BCUT2D eigenvalue weighted by molar-refractivity contribution is 7.16. The Bertz CT molecular complexity index is 563. The summed E-state index contributed by atoms with van der Waals surface area (Å²) in [6.07, 6.45) is 0.463. The molecule has 0 aromatic carbocycles. The number of hydrogen-bond donors (Lipinski definition) is 4. The molecule has 2 rings (SSSR count). The molecular formula is C13H18N2O5S. The van der Waals surface area contributed by atoms with E-state index in [0.717, 1.165) is 4.88 Å². The van der Waals surface area contributed by atoms with Crippen molar-refractivity contribution >= 4 is 28.3 Å². The number of rotatable bonds is 4. The molecule has 7 nitrogen and oxygen atoms in total. The van der Waals surface area contributed by atoms with Crippen molar-refractivity contribution < 1.29 is 24.5 Å². The number of carboxylic acid groups (broad SMARTS) is 1. The number of amides is 2. The van der Waals surface area contributed by atoms with Gasteiger partial charge in [-0.25, -0.2) is 9.59 Å². The van der Waals surface area contributed by atoms with Crippen LogP contribution >= 0.6 is 11.3 Å². The third-order valence-corrected chi connectivity index (χ3v) is 4.61. The summed E-state index contributed by atoms with van der Waals surface area (Å²) in [5.74, 6) is -1.07. The average molecular weight is 314 g/mol. The van der Waals surface area contributed by atoms with Gasteiger partial charge in [-0.05, 0) is 19.4 Å². The Hall–Kier alpha value is -1.64. The van der Waals surface area contributed by atoms with E-state index >= 15 is 0 Å². The molecule has 0 spiro atoms. The van der Waals surface area contributed by atoms with Gasteiger partial charge in [0.1, 0.15) is 10.6 Å². The molecule has 1 fully saturated rings. The number of hydrogen-bond acceptors (Lipinski definition) is 5. The molecule has 0 bridgehead atoms. The van der Waals surface area contributed by atoms with E-state index in [2.05, 4.69) is 10.6 Å². The summed E-state index contributed by atoms with van der Waals surface area (Å²) in [5.41, 5.74) is -0.296. The van der Waals surface area contributed by atoms with Gasteiger partial charge in [-0.3, -0.25) is 5.32 Å². The van der Waals surface area contributed by atoms with Crippen LogP contribution < -0.4 is 10.6 Å². The Kier molecular flexibility index (Phi) is 4.50. The van der Waals surface area contributed by atoms with Crippen LogP contribution in [-0.4, -0.2) is 47.6 Å². The van der Waals surface area contributed by atoms with Crippen molar-refractivity contribution in [1.82, 2.24) is 5.32 Å². The number of ether oxygens (including phenoxy) is 1. The maximum Gasteiger partial charge on any atom is 0.338 e. The highest BCUT2D eigenvalue weighted by Crippen LogP contribution is 2.32. The van der Waals surface area contributed by atoms with Gasteiger partial charge in [0.25, 0.3) is 0 Å². The van der Waals surface area contributed by atoms with E-state index in [1.54, 1.807) is 13.8 Å². The zero-order valence-corrected chi connectivity index (χ0v) is 12.7. The lowest BCUT2D eigenvalue weighted by Crippen LogP contribution is -2.44. The lowest BCUT2D eigenvalue weighted by Gasteiger charge is -2.20. The normalized spacial score (nSPS) is 21.3. The van der Waals surface area contributed by atoms with E-state index < -0.39 is 17.6 Å². The summed E-state index contributed by atoms with van der Waals surface area (Å²) >= 11 is 1.21. The second kappa shape index (κ2) is 6.00. The standard InChI is InChI=1S/C13H18N2O5S/c1-7-8(2)21-10(9(7)11(16)17)15-12(18)14-5-13(19)3-4-20-6-13/h19H,3-6H2,1-2H3,(H,16,17)(H2,14,15,18). The number of urea groups is 1. The third kappa shape index (κ3) is 3.52. The summed E-state index contributed by atoms with van der Waals surface area (Å²) < 4.78 is 5.08. The number of carbonyl (C=O) groups excluding carboxylic acids is 1. The predicted molar refractivity (Wildman–Crippen MR) is 78.2 cm³/mol. The summed E-state index contributed by atoms with van der Waals surface area (Å²) in [4.78, 5) is 23.9. The smallest absolute Gasteiger partial charge is 0.338 e. The van der Waals surface area contributed by atoms with Crippen molar-refractivity contribution in [2.75, 3.05) is 25.1 Å². The molecule has 0 aliphatic carbocycles. The monoisotopic (exact) mass is 314 g/mol. The summed E-state index contributed by atoms with van der Waals surface area (Å²) in [7, 11) is 0. The molecule has 4 N–H and O–H groups in total. The predicted octanol–water partition coefficient (Wildman–Crippen LogP) is 1.34. The van der Waals surface area contributed by atoms with Gasteiger partial charge < -0.3 is 20.3 Å². The number of carboxylic acids is 1. The molecule has 1 aliphatic rings. The van der Waals surface area contributed by atoms with Crippen LogP contribution in [0.4, 0.5) is 9.80 Å². The largest absolute Gasteiger partial charge is 0.478 e. The Labute approximate surface area is 125 Å². The molecule has 8 heteroatoms. The second-order valence-corrected chi connectivity index (χ2v) is 6.35. The molecule has 116 valence electrons. The highest BCUT2D eigenvalue weighted by Gasteiger charge is 2.32. The minimum atomic E-state index is -1.07. The fourth-order valence-corrected chi connectivity index (χ4v) is 3.15. The highest BCUT2D eigenvalue weighted by atomic mass is 32.1. The van der Waals surface area contributed by atoms with Crippen LogP contribution in [-0.2, 0) is 4.74 Å². The van der Waals surface area contributed by atoms with Crippen LogP contribution in [0.2, 0.25) is 0 Å². The fourth-order valence-electron chi connectivity index (χ4n) is 2.10. The van der Waals surface area contributed by atoms with Gasteiger partial charge in [0.15, 0.2) is 0 Å². The van der Waals surface area contributed by atoms with Gasteiger partial charge in [0, 0.05) is 17.9 Å². The molecule has 2 heterocycles. The molecule has 1 saturated heterocycles. The number of nitrogens with one attached hydrogen (secondary N) is 2. The first-order chi connectivity index (χ1) is 9.82. The molecule has 2 amide bonds. The SMILES string of the molecule is Cc1sc(NC(=O)NCC2(O)CCOC2)c(C(=O)O)c1C. The molecule has 1 unspecified atom stereocenters. The summed E-state index contributed by atoms with van der Waals surface area (Å²) in [6.45, 7) is 4.22. The van der Waals surface area contributed by atoms with Crippen LogP contribution in [0.3, 0.4) is 0 Å². The van der Waals surface area contributed by atoms with Crippen molar-refractivity contribution in [1.29, 1.82) is 0 Å². The first-order valence-corrected chi connectivity index (χ1v) is 7.32. The van der Waals surface area contributed by atoms with Crippen LogP contribution in [0.5, 0.6) is 0 Å². The van der Waals surface area contributed by atoms with E-state index in [1.807, 2.05) is 0 Å². The van der Waals surface area contributed by atoms with Gasteiger partial charge in [-0.1, -0.05) is 0 Å². The van der Waals surface area contributed by atoms with Gasteiger partial charge >= 0.3 is 12.0 Å². The number of aromatic carboxylic acids is 1. The van der Waals surface area contributed by atoms with Gasteiger partial charge in [0.2, 0.25) is 0 Å². The van der Waals surface area contributed by atoms with Crippen LogP contribution in [0.1, 0.15) is 27.2 Å². The molecule has 0 radical (unpaired) electrons. The first kappa shape index (κ1) is 15.7. The number of aliphatic hydroxyl groups is 1. The van der Waals surface area contributed by atoms with Crippen molar-refractivity contribution in [2.45, 2.75) is 25.9 Å². The van der Waals surface area contributed by atoms with Gasteiger partial charge in [0.05, 0.1) is 18.7 Å². The molecular weight excluding hydrogens is 296 g/mol.